The summed E-state index contributed by atoms with van der Waals surface area (Å²) in [5.41, 5.74) is 6.54. The Morgan fingerprint density at radius 3 is 2.82 bits per heavy atom. The quantitative estimate of drug-likeness (QED) is 0.448. The standard InChI is InChI=1S/C24H27N7O2/c1-14-12-31(16(3)32)13-23-18(15(2)29(4)28-23)7-9-22-19-10-17(6-8-21(19)26-27-22)20-11-25-30(5)24(20)33-14/h6-11,14H,12-13H2,1-5H3,(H,26,27)/b9-7+/t14-/m0/s1. The number of nitrogens with zero attached hydrogens (tertiary/aromatic N) is 6. The summed E-state index contributed by atoms with van der Waals surface area (Å²) in [6.45, 7) is 6.40. The zero-order valence-corrected chi connectivity index (χ0v) is 19.5. The van der Waals surface area contributed by atoms with E-state index in [1.54, 1.807) is 16.5 Å². The van der Waals surface area contributed by atoms with E-state index in [-0.39, 0.29) is 12.0 Å². The molecular weight excluding hydrogens is 418 g/mol. The average Bonchev–Trinajstić information content (AvgIpc) is 3.42. The highest BCUT2D eigenvalue weighted by Crippen LogP contribution is 2.33. The number of amides is 1. The molecule has 0 radical (unpaired) electrons. The Morgan fingerprint density at radius 2 is 2.03 bits per heavy atom. The Hall–Kier alpha value is -3.88. The lowest BCUT2D eigenvalue weighted by Crippen LogP contribution is -2.37. The van der Waals surface area contributed by atoms with Gasteiger partial charge in [0.2, 0.25) is 11.8 Å². The first-order chi connectivity index (χ1) is 15.8. The third-order valence-corrected chi connectivity index (χ3v) is 6.23. The van der Waals surface area contributed by atoms with Crippen molar-refractivity contribution in [3.05, 3.63) is 47.0 Å². The first kappa shape index (κ1) is 21.0. The van der Waals surface area contributed by atoms with Gasteiger partial charge in [0.1, 0.15) is 6.10 Å². The number of aryl methyl sites for hydroxylation is 2. The normalized spacial score (nSPS) is 17.2. The minimum atomic E-state index is -0.245. The molecule has 3 aromatic heterocycles. The maximum Gasteiger partial charge on any atom is 0.219 e. The summed E-state index contributed by atoms with van der Waals surface area (Å²) in [4.78, 5) is 14.3. The van der Waals surface area contributed by atoms with Crippen LogP contribution in [0.3, 0.4) is 0 Å². The van der Waals surface area contributed by atoms with Crippen LogP contribution in [0.2, 0.25) is 0 Å². The molecule has 1 aliphatic heterocycles. The fraction of sp³-hybridized carbons (Fsp3) is 0.333. The number of fused-ring (bicyclic) bond motifs is 4. The molecule has 4 aromatic rings. The van der Waals surface area contributed by atoms with Crippen LogP contribution in [0, 0.1) is 6.92 Å². The summed E-state index contributed by atoms with van der Waals surface area (Å²) >= 11 is 0. The molecule has 0 unspecified atom stereocenters. The first-order valence-corrected chi connectivity index (χ1v) is 10.9. The molecule has 33 heavy (non-hydrogen) atoms. The van der Waals surface area contributed by atoms with Gasteiger partial charge in [-0.25, -0.2) is 4.68 Å². The van der Waals surface area contributed by atoms with Gasteiger partial charge in [-0.15, -0.1) is 0 Å². The number of aromatic nitrogens is 6. The van der Waals surface area contributed by atoms with Crippen molar-refractivity contribution in [3.8, 4) is 17.0 Å². The lowest BCUT2D eigenvalue weighted by Gasteiger charge is -2.25. The van der Waals surface area contributed by atoms with Crippen molar-refractivity contribution < 1.29 is 9.53 Å². The minimum Gasteiger partial charge on any atom is -0.472 e. The molecule has 0 saturated heterocycles. The van der Waals surface area contributed by atoms with Gasteiger partial charge in [-0.3, -0.25) is 14.6 Å². The van der Waals surface area contributed by atoms with E-state index in [0.29, 0.717) is 19.0 Å². The zero-order valence-electron chi connectivity index (χ0n) is 19.5. The van der Waals surface area contributed by atoms with Crippen molar-refractivity contribution in [1.82, 2.24) is 34.7 Å². The van der Waals surface area contributed by atoms with E-state index in [1.807, 2.05) is 63.1 Å². The van der Waals surface area contributed by atoms with Crippen molar-refractivity contribution >= 4 is 29.0 Å². The molecule has 1 amide bonds. The number of benzene rings is 1. The lowest BCUT2D eigenvalue weighted by atomic mass is 10.0. The number of carbonyl (C=O) groups is 1. The highest BCUT2D eigenvalue weighted by Gasteiger charge is 2.22. The van der Waals surface area contributed by atoms with Crippen LogP contribution in [-0.2, 0) is 25.4 Å². The summed E-state index contributed by atoms with van der Waals surface area (Å²) < 4.78 is 9.90. The van der Waals surface area contributed by atoms with E-state index in [1.165, 1.54) is 0 Å². The Morgan fingerprint density at radius 1 is 1.21 bits per heavy atom. The van der Waals surface area contributed by atoms with Crippen LogP contribution in [0.25, 0.3) is 34.2 Å². The highest BCUT2D eigenvalue weighted by molar-refractivity contribution is 5.93. The number of nitrogens with one attached hydrogen (secondary N) is 1. The number of carbonyl (C=O) groups excluding carboxylic acids is 1. The topological polar surface area (TPSA) is 93.9 Å². The molecule has 9 nitrogen and oxygen atoms in total. The van der Waals surface area contributed by atoms with Crippen molar-refractivity contribution in [2.75, 3.05) is 6.54 Å². The summed E-state index contributed by atoms with van der Waals surface area (Å²) in [5, 5.41) is 17.7. The molecule has 0 fully saturated rings. The van der Waals surface area contributed by atoms with E-state index in [0.717, 1.165) is 44.7 Å². The van der Waals surface area contributed by atoms with E-state index in [2.05, 4.69) is 21.4 Å². The van der Waals surface area contributed by atoms with Crippen molar-refractivity contribution in [2.24, 2.45) is 14.1 Å². The molecular formula is C24H27N7O2. The molecule has 1 N–H and O–H groups in total. The Balaban J connectivity index is 1.70. The van der Waals surface area contributed by atoms with Crippen LogP contribution >= 0.6 is 0 Å². The van der Waals surface area contributed by atoms with Crippen LogP contribution in [-0.4, -0.2) is 53.2 Å². The summed E-state index contributed by atoms with van der Waals surface area (Å²) in [7, 11) is 3.77. The van der Waals surface area contributed by atoms with Gasteiger partial charge in [0, 0.05) is 37.7 Å². The van der Waals surface area contributed by atoms with Gasteiger partial charge in [0.05, 0.1) is 41.8 Å². The van der Waals surface area contributed by atoms with Gasteiger partial charge in [0.25, 0.3) is 0 Å². The van der Waals surface area contributed by atoms with Gasteiger partial charge >= 0.3 is 0 Å². The zero-order chi connectivity index (χ0) is 23.3. The molecule has 0 saturated carbocycles. The second-order valence-corrected chi connectivity index (χ2v) is 8.59. The molecule has 1 aliphatic rings. The molecule has 9 heteroatoms. The van der Waals surface area contributed by atoms with Gasteiger partial charge in [-0.2, -0.15) is 15.3 Å². The van der Waals surface area contributed by atoms with Crippen LogP contribution in [0.4, 0.5) is 0 Å². The molecule has 5 rings (SSSR count). The van der Waals surface area contributed by atoms with Crippen LogP contribution in [0.15, 0.2) is 24.4 Å². The average molecular weight is 446 g/mol. The minimum absolute atomic E-state index is 0.0276. The number of rotatable bonds is 0. The lowest BCUT2D eigenvalue weighted by molar-refractivity contribution is -0.130. The van der Waals surface area contributed by atoms with Crippen LogP contribution in [0.5, 0.6) is 5.88 Å². The Bertz CT molecular complexity index is 1390. The van der Waals surface area contributed by atoms with Crippen molar-refractivity contribution in [3.63, 3.8) is 0 Å². The predicted molar refractivity (Wildman–Crippen MR) is 126 cm³/mol. The molecule has 170 valence electrons. The monoisotopic (exact) mass is 445 g/mol. The van der Waals surface area contributed by atoms with Crippen LogP contribution in [0.1, 0.15) is 36.5 Å². The maximum atomic E-state index is 12.5. The number of H-pyrrole nitrogens is 1. The third-order valence-electron chi connectivity index (χ3n) is 6.23. The van der Waals surface area contributed by atoms with Gasteiger partial charge in [0.15, 0.2) is 0 Å². The second-order valence-electron chi connectivity index (χ2n) is 8.59. The Kier molecular flexibility index (Phi) is 5.03. The van der Waals surface area contributed by atoms with E-state index in [4.69, 9.17) is 9.84 Å². The summed E-state index contributed by atoms with van der Waals surface area (Å²) in [6.07, 6.45) is 5.63. The second kappa shape index (κ2) is 7.91. The van der Waals surface area contributed by atoms with Gasteiger partial charge in [-0.1, -0.05) is 6.07 Å². The predicted octanol–water partition coefficient (Wildman–Crippen LogP) is 3.31. The van der Waals surface area contributed by atoms with E-state index in [9.17, 15) is 4.79 Å². The van der Waals surface area contributed by atoms with Crippen LogP contribution < -0.4 is 4.74 Å². The third kappa shape index (κ3) is 3.69. The molecule has 0 aliphatic carbocycles. The highest BCUT2D eigenvalue weighted by atomic mass is 16.5. The van der Waals surface area contributed by atoms with E-state index >= 15 is 0 Å². The molecule has 1 aromatic carbocycles. The largest absolute Gasteiger partial charge is 0.472 e. The molecule has 0 spiro atoms. The molecule has 4 heterocycles. The van der Waals surface area contributed by atoms with E-state index < -0.39 is 0 Å². The number of aromatic amines is 1. The summed E-state index contributed by atoms with van der Waals surface area (Å²) in [6, 6.07) is 6.12. The maximum absolute atomic E-state index is 12.5. The Labute approximate surface area is 191 Å². The van der Waals surface area contributed by atoms with Gasteiger partial charge in [-0.05, 0) is 43.7 Å². The summed E-state index contributed by atoms with van der Waals surface area (Å²) in [5.74, 6) is 0.635. The SMILES string of the molecule is CC(=O)N1Cc2nn(C)c(C)c2/C=C/c2[nH]nc3ccc(cc23)-c2cnn(C)c2O[C@@H](C)C1. The van der Waals surface area contributed by atoms with Crippen molar-refractivity contribution in [2.45, 2.75) is 33.4 Å². The smallest absolute Gasteiger partial charge is 0.219 e. The molecule has 1 atom stereocenters. The number of hydrogen-bond donors (Lipinski definition) is 1. The molecule has 2 bridgehead atoms. The first-order valence-electron chi connectivity index (χ1n) is 10.9. The number of ether oxygens (including phenoxy) is 1. The fourth-order valence-electron chi connectivity index (χ4n) is 4.31. The fourth-order valence-corrected chi connectivity index (χ4v) is 4.31. The van der Waals surface area contributed by atoms with Crippen molar-refractivity contribution in [1.29, 1.82) is 0 Å². The number of hydrogen-bond acceptors (Lipinski definition) is 5. The van der Waals surface area contributed by atoms with Gasteiger partial charge < -0.3 is 9.64 Å².